The van der Waals surface area contributed by atoms with Crippen LogP contribution in [0.1, 0.15) is 17.4 Å². The Morgan fingerprint density at radius 3 is 3.06 bits per heavy atom. The van der Waals surface area contributed by atoms with E-state index in [2.05, 4.69) is 17.2 Å². The van der Waals surface area contributed by atoms with Crippen LogP contribution < -0.4 is 5.32 Å². The van der Waals surface area contributed by atoms with Crippen LogP contribution in [0, 0.1) is 5.41 Å². The standard InChI is InChI=1S/C13H15N3O2/c1-13(8-18-9-13)7-14-12(17)10-6-16-5-3-2-4-11(16)15-10/h2-6H,7-9H2,1H3,(H,14,17). The van der Waals surface area contributed by atoms with Crippen molar-refractivity contribution < 1.29 is 9.53 Å². The molecule has 1 saturated heterocycles. The number of pyridine rings is 1. The summed E-state index contributed by atoms with van der Waals surface area (Å²) in [5, 5.41) is 2.91. The van der Waals surface area contributed by atoms with Gasteiger partial charge in [0.15, 0.2) is 0 Å². The van der Waals surface area contributed by atoms with Crippen molar-refractivity contribution in [1.82, 2.24) is 14.7 Å². The van der Waals surface area contributed by atoms with Gasteiger partial charge >= 0.3 is 0 Å². The van der Waals surface area contributed by atoms with Crippen molar-refractivity contribution in [3.8, 4) is 0 Å². The van der Waals surface area contributed by atoms with Crippen molar-refractivity contribution in [2.45, 2.75) is 6.92 Å². The van der Waals surface area contributed by atoms with E-state index < -0.39 is 0 Å². The molecule has 2 aromatic heterocycles. The van der Waals surface area contributed by atoms with Crippen LogP contribution in [0.25, 0.3) is 5.65 Å². The molecule has 2 aromatic rings. The van der Waals surface area contributed by atoms with Crippen molar-refractivity contribution in [3.63, 3.8) is 0 Å². The van der Waals surface area contributed by atoms with Gasteiger partial charge < -0.3 is 14.5 Å². The molecule has 1 amide bonds. The fourth-order valence-corrected chi connectivity index (χ4v) is 1.98. The highest BCUT2D eigenvalue weighted by molar-refractivity contribution is 5.92. The molecule has 18 heavy (non-hydrogen) atoms. The Morgan fingerprint density at radius 2 is 2.39 bits per heavy atom. The number of nitrogens with zero attached hydrogens (tertiary/aromatic N) is 2. The highest BCUT2D eigenvalue weighted by atomic mass is 16.5. The van der Waals surface area contributed by atoms with Crippen LogP contribution in [0.4, 0.5) is 0 Å². The van der Waals surface area contributed by atoms with Crippen LogP contribution in [0.3, 0.4) is 0 Å². The number of aromatic nitrogens is 2. The highest BCUT2D eigenvalue weighted by Gasteiger charge is 2.33. The SMILES string of the molecule is CC1(CNC(=O)c2cn3ccccc3n2)COC1. The topological polar surface area (TPSA) is 55.6 Å². The van der Waals surface area contributed by atoms with E-state index in [1.807, 2.05) is 28.8 Å². The first-order chi connectivity index (χ1) is 8.66. The first kappa shape index (κ1) is 11.2. The number of rotatable bonds is 3. The first-order valence-corrected chi connectivity index (χ1v) is 5.96. The predicted octanol–water partition coefficient (Wildman–Crippen LogP) is 1.10. The zero-order chi connectivity index (χ0) is 12.6. The van der Waals surface area contributed by atoms with E-state index in [4.69, 9.17) is 4.74 Å². The number of amides is 1. The lowest BCUT2D eigenvalue weighted by atomic mass is 9.89. The first-order valence-electron chi connectivity index (χ1n) is 5.96. The van der Waals surface area contributed by atoms with E-state index in [0.29, 0.717) is 25.5 Å². The molecular formula is C13H15N3O2. The molecule has 3 rings (SSSR count). The fourth-order valence-electron chi connectivity index (χ4n) is 1.98. The maximum Gasteiger partial charge on any atom is 0.271 e. The van der Waals surface area contributed by atoms with Crippen LogP contribution in [-0.2, 0) is 4.74 Å². The Kier molecular flexibility index (Phi) is 2.56. The number of ether oxygens (including phenoxy) is 1. The van der Waals surface area contributed by atoms with Crippen LogP contribution in [0.15, 0.2) is 30.6 Å². The van der Waals surface area contributed by atoms with E-state index in [1.54, 1.807) is 6.20 Å². The summed E-state index contributed by atoms with van der Waals surface area (Å²) in [5.41, 5.74) is 1.31. The van der Waals surface area contributed by atoms with Gasteiger partial charge in [-0.15, -0.1) is 0 Å². The number of carbonyl (C=O) groups excluding carboxylic acids is 1. The Morgan fingerprint density at radius 1 is 1.56 bits per heavy atom. The molecular weight excluding hydrogens is 230 g/mol. The molecule has 5 nitrogen and oxygen atoms in total. The molecule has 1 aliphatic rings. The van der Waals surface area contributed by atoms with Crippen molar-refractivity contribution in [1.29, 1.82) is 0 Å². The third kappa shape index (κ3) is 1.97. The molecule has 3 heterocycles. The van der Waals surface area contributed by atoms with Crippen molar-refractivity contribution in [2.24, 2.45) is 5.41 Å². The molecule has 94 valence electrons. The molecule has 0 bridgehead atoms. The zero-order valence-corrected chi connectivity index (χ0v) is 10.2. The second kappa shape index (κ2) is 4.10. The average molecular weight is 245 g/mol. The zero-order valence-electron chi connectivity index (χ0n) is 10.2. The number of imidazole rings is 1. The number of nitrogens with one attached hydrogen (secondary N) is 1. The van der Waals surface area contributed by atoms with E-state index in [-0.39, 0.29) is 11.3 Å². The van der Waals surface area contributed by atoms with Crippen molar-refractivity contribution in [3.05, 3.63) is 36.3 Å². The Bertz CT molecular complexity index is 554. The monoisotopic (exact) mass is 245 g/mol. The van der Waals surface area contributed by atoms with Gasteiger partial charge in [0.1, 0.15) is 11.3 Å². The van der Waals surface area contributed by atoms with E-state index in [9.17, 15) is 4.79 Å². The summed E-state index contributed by atoms with van der Waals surface area (Å²) in [6.45, 7) is 4.14. The second-order valence-corrected chi connectivity index (χ2v) is 5.08. The number of carbonyl (C=O) groups is 1. The van der Waals surface area contributed by atoms with Gasteiger partial charge in [0.05, 0.1) is 13.2 Å². The Hall–Kier alpha value is -1.88. The number of hydrogen-bond acceptors (Lipinski definition) is 3. The molecule has 0 saturated carbocycles. The van der Waals surface area contributed by atoms with Crippen molar-refractivity contribution >= 4 is 11.6 Å². The van der Waals surface area contributed by atoms with Crippen LogP contribution >= 0.6 is 0 Å². The van der Waals surface area contributed by atoms with Gasteiger partial charge in [-0.05, 0) is 12.1 Å². The summed E-state index contributed by atoms with van der Waals surface area (Å²) in [5.74, 6) is -0.133. The number of fused-ring (bicyclic) bond motifs is 1. The van der Waals surface area contributed by atoms with Gasteiger partial charge in [0.2, 0.25) is 0 Å². The van der Waals surface area contributed by atoms with Gasteiger partial charge in [-0.1, -0.05) is 13.0 Å². The molecule has 0 aliphatic carbocycles. The quantitative estimate of drug-likeness (QED) is 0.881. The van der Waals surface area contributed by atoms with Crippen LogP contribution in [0.2, 0.25) is 0 Å². The minimum absolute atomic E-state index is 0.0782. The summed E-state index contributed by atoms with van der Waals surface area (Å²) < 4.78 is 6.99. The normalized spacial score (nSPS) is 17.4. The molecule has 5 heteroatoms. The van der Waals surface area contributed by atoms with Gasteiger partial charge in [-0.25, -0.2) is 4.98 Å². The highest BCUT2D eigenvalue weighted by Crippen LogP contribution is 2.25. The lowest BCUT2D eigenvalue weighted by molar-refractivity contribution is -0.0978. The molecule has 0 spiro atoms. The van der Waals surface area contributed by atoms with Crippen molar-refractivity contribution in [2.75, 3.05) is 19.8 Å². The molecule has 0 atom stereocenters. The van der Waals surface area contributed by atoms with Gasteiger partial charge in [-0.3, -0.25) is 4.79 Å². The predicted molar refractivity (Wildman–Crippen MR) is 66.5 cm³/mol. The summed E-state index contributed by atoms with van der Waals surface area (Å²) in [6.07, 6.45) is 3.62. The minimum atomic E-state index is -0.133. The molecule has 1 aliphatic heterocycles. The van der Waals surface area contributed by atoms with Crippen LogP contribution in [0.5, 0.6) is 0 Å². The second-order valence-electron chi connectivity index (χ2n) is 5.08. The third-order valence-electron chi connectivity index (χ3n) is 3.17. The lowest BCUT2D eigenvalue weighted by Crippen LogP contribution is -2.48. The van der Waals surface area contributed by atoms with E-state index in [1.165, 1.54) is 0 Å². The molecule has 0 aromatic carbocycles. The summed E-state index contributed by atoms with van der Waals surface area (Å²) in [7, 11) is 0. The molecule has 1 fully saturated rings. The lowest BCUT2D eigenvalue weighted by Gasteiger charge is -2.37. The maximum atomic E-state index is 12.0. The smallest absolute Gasteiger partial charge is 0.271 e. The molecule has 0 unspecified atom stereocenters. The Labute approximate surface area is 105 Å². The summed E-state index contributed by atoms with van der Waals surface area (Å²) in [4.78, 5) is 16.3. The van der Waals surface area contributed by atoms with E-state index >= 15 is 0 Å². The average Bonchev–Trinajstić information content (AvgIpc) is 2.77. The summed E-state index contributed by atoms with van der Waals surface area (Å²) >= 11 is 0. The van der Waals surface area contributed by atoms with Gasteiger partial charge in [0.25, 0.3) is 5.91 Å². The van der Waals surface area contributed by atoms with Gasteiger partial charge in [-0.2, -0.15) is 0 Å². The maximum absolute atomic E-state index is 12.0. The van der Waals surface area contributed by atoms with Gasteiger partial charge in [0, 0.05) is 24.4 Å². The largest absolute Gasteiger partial charge is 0.380 e. The fraction of sp³-hybridized carbons (Fsp3) is 0.385. The van der Waals surface area contributed by atoms with Crippen LogP contribution in [-0.4, -0.2) is 35.1 Å². The third-order valence-corrected chi connectivity index (χ3v) is 3.17. The summed E-state index contributed by atoms with van der Waals surface area (Å²) in [6, 6.07) is 5.68. The molecule has 0 radical (unpaired) electrons. The molecule has 1 N–H and O–H groups in total. The van der Waals surface area contributed by atoms with E-state index in [0.717, 1.165) is 5.65 Å². The number of hydrogen-bond donors (Lipinski definition) is 1. The Balaban J connectivity index is 1.71. The minimum Gasteiger partial charge on any atom is -0.380 e.